The first-order chi connectivity index (χ1) is 12.5. The Kier molecular flexibility index (Phi) is 5.25. The third-order valence-electron chi connectivity index (χ3n) is 5.33. The molecular weight excluding hydrogens is 332 g/mol. The standard InChI is InChI=1S/C21H24O5/c1-3-25-19(23)21(20(24)26-4-2)11-10-15-12-17(22)18(16(15)13-21)14-8-6-5-7-9-14/h5-9,15H,3-4,10-13H2,1-2H3. The van der Waals surface area contributed by atoms with Gasteiger partial charge in [0.25, 0.3) is 0 Å². The van der Waals surface area contributed by atoms with Crippen molar-refractivity contribution >= 4 is 23.3 Å². The summed E-state index contributed by atoms with van der Waals surface area (Å²) in [6.07, 6.45) is 1.61. The lowest BCUT2D eigenvalue weighted by Gasteiger charge is -2.36. The molecule has 0 heterocycles. The summed E-state index contributed by atoms with van der Waals surface area (Å²) in [5, 5.41) is 0. The van der Waals surface area contributed by atoms with Crippen molar-refractivity contribution in [3.05, 3.63) is 41.5 Å². The van der Waals surface area contributed by atoms with Crippen molar-refractivity contribution in [3.8, 4) is 0 Å². The zero-order chi connectivity index (χ0) is 18.7. The van der Waals surface area contributed by atoms with E-state index >= 15 is 0 Å². The summed E-state index contributed by atoms with van der Waals surface area (Å²) in [5.74, 6) is -0.915. The van der Waals surface area contributed by atoms with Crippen molar-refractivity contribution in [2.75, 3.05) is 13.2 Å². The highest BCUT2D eigenvalue weighted by Gasteiger charge is 2.54. The quantitative estimate of drug-likeness (QED) is 0.598. The molecule has 5 nitrogen and oxygen atoms in total. The van der Waals surface area contributed by atoms with E-state index in [1.54, 1.807) is 13.8 Å². The topological polar surface area (TPSA) is 69.7 Å². The van der Waals surface area contributed by atoms with Crippen molar-refractivity contribution in [2.24, 2.45) is 11.3 Å². The third kappa shape index (κ3) is 3.06. The average molecular weight is 356 g/mol. The predicted molar refractivity (Wildman–Crippen MR) is 96.0 cm³/mol. The van der Waals surface area contributed by atoms with Crippen LogP contribution in [0.25, 0.3) is 5.57 Å². The molecular formula is C21H24O5. The van der Waals surface area contributed by atoms with E-state index in [1.165, 1.54) is 0 Å². The number of fused-ring (bicyclic) bond motifs is 1. The van der Waals surface area contributed by atoms with Crippen LogP contribution in [0.4, 0.5) is 0 Å². The van der Waals surface area contributed by atoms with Gasteiger partial charge in [0.15, 0.2) is 11.2 Å². The predicted octanol–water partition coefficient (Wildman–Crippen LogP) is 3.33. The first-order valence-electron chi connectivity index (χ1n) is 9.19. The Balaban J connectivity index is 2.05. The molecule has 1 aromatic rings. The second kappa shape index (κ2) is 7.44. The maximum absolute atomic E-state index is 12.7. The molecule has 0 amide bonds. The van der Waals surface area contributed by atoms with Crippen LogP contribution in [0.1, 0.15) is 45.1 Å². The molecule has 0 aromatic heterocycles. The number of benzene rings is 1. The van der Waals surface area contributed by atoms with Crippen LogP contribution >= 0.6 is 0 Å². The molecule has 2 aliphatic carbocycles. The van der Waals surface area contributed by atoms with Gasteiger partial charge >= 0.3 is 11.9 Å². The fourth-order valence-corrected chi connectivity index (χ4v) is 4.10. The average Bonchev–Trinajstić information content (AvgIpc) is 2.97. The highest BCUT2D eigenvalue weighted by Crippen LogP contribution is 2.51. The van der Waals surface area contributed by atoms with Crippen molar-refractivity contribution in [3.63, 3.8) is 0 Å². The number of ether oxygens (including phenoxy) is 2. The Labute approximate surface area is 153 Å². The molecule has 0 aliphatic heterocycles. The van der Waals surface area contributed by atoms with Crippen LogP contribution < -0.4 is 0 Å². The van der Waals surface area contributed by atoms with E-state index in [1.807, 2.05) is 30.3 Å². The van der Waals surface area contributed by atoms with Gasteiger partial charge in [0.2, 0.25) is 0 Å². The van der Waals surface area contributed by atoms with Crippen LogP contribution in [-0.2, 0) is 23.9 Å². The Morgan fingerprint density at radius 2 is 1.69 bits per heavy atom. The number of carbonyl (C=O) groups excluding carboxylic acids is 3. The molecule has 0 saturated heterocycles. The van der Waals surface area contributed by atoms with Crippen LogP contribution in [-0.4, -0.2) is 30.9 Å². The maximum Gasteiger partial charge on any atom is 0.323 e. The van der Waals surface area contributed by atoms with E-state index in [4.69, 9.17) is 9.47 Å². The van der Waals surface area contributed by atoms with Gasteiger partial charge in [-0.1, -0.05) is 35.9 Å². The zero-order valence-corrected chi connectivity index (χ0v) is 15.2. The van der Waals surface area contributed by atoms with Gasteiger partial charge in [-0.3, -0.25) is 14.4 Å². The number of ketones is 1. The maximum atomic E-state index is 12.7. The van der Waals surface area contributed by atoms with E-state index in [0.717, 1.165) is 11.1 Å². The number of esters is 2. The number of carbonyl (C=O) groups is 3. The molecule has 1 fully saturated rings. The highest BCUT2D eigenvalue weighted by molar-refractivity contribution is 6.24. The monoisotopic (exact) mass is 356 g/mol. The summed E-state index contributed by atoms with van der Waals surface area (Å²) in [6, 6.07) is 9.46. The summed E-state index contributed by atoms with van der Waals surface area (Å²) in [4.78, 5) is 38.1. The number of hydrogen-bond donors (Lipinski definition) is 0. The number of allylic oxidation sites excluding steroid dienone is 2. The molecule has 3 rings (SSSR count). The van der Waals surface area contributed by atoms with Gasteiger partial charge in [-0.2, -0.15) is 0 Å². The van der Waals surface area contributed by atoms with Crippen LogP contribution in [0.5, 0.6) is 0 Å². The van der Waals surface area contributed by atoms with E-state index in [-0.39, 0.29) is 31.3 Å². The van der Waals surface area contributed by atoms with E-state index < -0.39 is 17.4 Å². The number of Topliss-reactive ketones (excluding diaryl/α,β-unsaturated/α-hetero) is 1. The van der Waals surface area contributed by atoms with Gasteiger partial charge in [-0.05, 0) is 44.6 Å². The summed E-state index contributed by atoms with van der Waals surface area (Å²) >= 11 is 0. The van der Waals surface area contributed by atoms with Crippen LogP contribution in [0, 0.1) is 11.3 Å². The molecule has 0 bridgehead atoms. The van der Waals surface area contributed by atoms with Gasteiger partial charge in [0.05, 0.1) is 13.2 Å². The number of hydrogen-bond acceptors (Lipinski definition) is 5. The molecule has 26 heavy (non-hydrogen) atoms. The lowest BCUT2D eigenvalue weighted by molar-refractivity contribution is -0.174. The summed E-state index contributed by atoms with van der Waals surface area (Å²) < 4.78 is 10.4. The van der Waals surface area contributed by atoms with Crippen LogP contribution in [0.3, 0.4) is 0 Å². The van der Waals surface area contributed by atoms with E-state index in [9.17, 15) is 14.4 Å². The van der Waals surface area contributed by atoms with Gasteiger partial charge in [0.1, 0.15) is 0 Å². The molecule has 1 saturated carbocycles. The Bertz CT molecular complexity index is 729. The molecule has 1 unspecified atom stereocenters. The fraction of sp³-hybridized carbons (Fsp3) is 0.476. The Morgan fingerprint density at radius 1 is 1.08 bits per heavy atom. The first kappa shape index (κ1) is 18.4. The van der Waals surface area contributed by atoms with Gasteiger partial charge < -0.3 is 9.47 Å². The fourth-order valence-electron chi connectivity index (χ4n) is 4.10. The molecule has 5 heteroatoms. The first-order valence-corrected chi connectivity index (χ1v) is 9.19. The Hall–Kier alpha value is -2.43. The van der Waals surface area contributed by atoms with Crippen molar-refractivity contribution in [1.29, 1.82) is 0 Å². The molecule has 138 valence electrons. The second-order valence-corrected chi connectivity index (χ2v) is 6.83. The van der Waals surface area contributed by atoms with Gasteiger partial charge in [-0.15, -0.1) is 0 Å². The summed E-state index contributed by atoms with van der Waals surface area (Å²) in [5.41, 5.74) is 1.06. The molecule has 1 atom stereocenters. The minimum Gasteiger partial charge on any atom is -0.465 e. The van der Waals surface area contributed by atoms with Gasteiger partial charge in [0, 0.05) is 12.0 Å². The Morgan fingerprint density at radius 3 is 2.27 bits per heavy atom. The van der Waals surface area contributed by atoms with Gasteiger partial charge in [-0.25, -0.2) is 0 Å². The SMILES string of the molecule is CCOC(=O)C1(C(=O)OCC)CCC2CC(=O)C(c3ccccc3)=C2C1. The number of rotatable bonds is 5. The smallest absolute Gasteiger partial charge is 0.323 e. The molecule has 0 spiro atoms. The second-order valence-electron chi connectivity index (χ2n) is 6.83. The zero-order valence-electron chi connectivity index (χ0n) is 15.2. The molecule has 1 aromatic carbocycles. The van der Waals surface area contributed by atoms with Crippen molar-refractivity contribution in [2.45, 2.75) is 39.5 Å². The minimum absolute atomic E-state index is 0.0831. The largest absolute Gasteiger partial charge is 0.465 e. The van der Waals surface area contributed by atoms with Crippen molar-refractivity contribution in [1.82, 2.24) is 0 Å². The lowest BCUT2D eigenvalue weighted by Crippen LogP contribution is -2.45. The van der Waals surface area contributed by atoms with Crippen LogP contribution in [0.15, 0.2) is 35.9 Å². The van der Waals surface area contributed by atoms with E-state index in [0.29, 0.717) is 24.8 Å². The highest BCUT2D eigenvalue weighted by atomic mass is 16.6. The minimum atomic E-state index is -1.34. The summed E-state index contributed by atoms with van der Waals surface area (Å²) in [7, 11) is 0. The lowest BCUT2D eigenvalue weighted by atomic mass is 9.68. The normalized spacial score (nSPS) is 21.3. The third-order valence-corrected chi connectivity index (χ3v) is 5.33. The molecule has 2 aliphatic rings. The van der Waals surface area contributed by atoms with E-state index in [2.05, 4.69) is 0 Å². The summed E-state index contributed by atoms with van der Waals surface area (Å²) in [6.45, 7) is 3.84. The molecule has 0 N–H and O–H groups in total. The van der Waals surface area contributed by atoms with Crippen LogP contribution in [0.2, 0.25) is 0 Å². The molecule has 0 radical (unpaired) electrons. The van der Waals surface area contributed by atoms with Crippen molar-refractivity contribution < 1.29 is 23.9 Å².